The zero-order valence-electron chi connectivity index (χ0n) is 12.0. The third-order valence-electron chi connectivity index (χ3n) is 2.78. The number of nitrogens with two attached hydrogens (primary N) is 1. The average Bonchev–Trinajstić information content (AvgIpc) is 2.35. The number of hydrogen-bond acceptors (Lipinski definition) is 9. The Kier molecular flexibility index (Phi) is 6.06. The number of aliphatic hydroxyl groups is 1. The zero-order chi connectivity index (χ0) is 16.2. The lowest BCUT2D eigenvalue weighted by Gasteiger charge is -2.41. The van der Waals surface area contributed by atoms with Gasteiger partial charge in [-0.25, -0.2) is 0 Å². The first kappa shape index (κ1) is 17.3. The van der Waals surface area contributed by atoms with Crippen LogP contribution in [0.2, 0.25) is 0 Å². The summed E-state index contributed by atoms with van der Waals surface area (Å²) in [6.07, 6.45) is -4.71. The fourth-order valence-electron chi connectivity index (χ4n) is 1.97. The van der Waals surface area contributed by atoms with Crippen molar-refractivity contribution >= 4 is 17.9 Å². The Morgan fingerprint density at radius 1 is 1.05 bits per heavy atom. The summed E-state index contributed by atoms with van der Waals surface area (Å²) in [7, 11) is 0. The predicted molar refractivity (Wildman–Crippen MR) is 66.6 cm³/mol. The maximum Gasteiger partial charge on any atom is 0.303 e. The Morgan fingerprint density at radius 3 is 2.05 bits per heavy atom. The first-order chi connectivity index (χ1) is 9.72. The third-order valence-corrected chi connectivity index (χ3v) is 2.78. The second-order valence-electron chi connectivity index (χ2n) is 4.59. The van der Waals surface area contributed by atoms with E-state index in [1.54, 1.807) is 0 Å². The van der Waals surface area contributed by atoms with Gasteiger partial charge in [0.15, 0.2) is 18.5 Å². The van der Waals surface area contributed by atoms with Crippen LogP contribution in [0.25, 0.3) is 0 Å². The lowest BCUT2D eigenvalue weighted by atomic mass is 9.96. The van der Waals surface area contributed by atoms with Crippen molar-refractivity contribution in [3.05, 3.63) is 0 Å². The van der Waals surface area contributed by atoms with Gasteiger partial charge in [-0.15, -0.1) is 0 Å². The molecule has 9 heteroatoms. The van der Waals surface area contributed by atoms with Gasteiger partial charge in [-0.2, -0.15) is 0 Å². The largest absolute Gasteiger partial charge is 0.463 e. The molecule has 0 saturated carbocycles. The molecular weight excluding hydrogens is 286 g/mol. The summed E-state index contributed by atoms with van der Waals surface area (Å²) in [5, 5.41) is 9.82. The van der Waals surface area contributed by atoms with Gasteiger partial charge in [-0.1, -0.05) is 0 Å². The quantitative estimate of drug-likeness (QED) is 0.468. The first-order valence-corrected chi connectivity index (χ1v) is 6.29. The summed E-state index contributed by atoms with van der Waals surface area (Å²) in [6, 6.07) is -1.03. The van der Waals surface area contributed by atoms with Gasteiger partial charge in [-0.05, 0) is 0 Å². The van der Waals surface area contributed by atoms with E-state index in [4.69, 9.17) is 24.7 Å². The van der Waals surface area contributed by atoms with Gasteiger partial charge in [0.2, 0.25) is 0 Å². The Bertz CT molecular complexity index is 410. The van der Waals surface area contributed by atoms with Crippen LogP contribution in [0.5, 0.6) is 0 Å². The standard InChI is InChI=1S/C12H19NO8/c1-5(14)18-4-8-10(19-6(2)15)9(13)11(12(17)21-8)20-7(3)16/h8-12,17H,4,13H2,1-3H3. The molecule has 1 saturated heterocycles. The van der Waals surface area contributed by atoms with Crippen molar-refractivity contribution in [1.82, 2.24) is 0 Å². The van der Waals surface area contributed by atoms with Crippen LogP contribution in [-0.4, -0.2) is 60.3 Å². The minimum Gasteiger partial charge on any atom is -0.463 e. The molecule has 9 nitrogen and oxygen atoms in total. The van der Waals surface area contributed by atoms with Crippen molar-refractivity contribution in [2.24, 2.45) is 5.73 Å². The molecule has 0 amide bonds. The van der Waals surface area contributed by atoms with Gasteiger partial charge in [0, 0.05) is 20.8 Å². The van der Waals surface area contributed by atoms with Crippen molar-refractivity contribution in [2.75, 3.05) is 6.61 Å². The number of hydrogen-bond donors (Lipinski definition) is 2. The summed E-state index contributed by atoms with van der Waals surface area (Å²) in [5.41, 5.74) is 5.87. The van der Waals surface area contributed by atoms with E-state index in [0.717, 1.165) is 6.92 Å². The van der Waals surface area contributed by atoms with Crippen LogP contribution in [-0.2, 0) is 33.3 Å². The first-order valence-electron chi connectivity index (χ1n) is 6.29. The molecule has 120 valence electrons. The maximum atomic E-state index is 11.1. The van der Waals surface area contributed by atoms with E-state index in [9.17, 15) is 19.5 Å². The summed E-state index contributed by atoms with van der Waals surface area (Å²) in [4.78, 5) is 33.0. The maximum absolute atomic E-state index is 11.1. The zero-order valence-corrected chi connectivity index (χ0v) is 12.0. The molecule has 1 fully saturated rings. The molecule has 3 N–H and O–H groups in total. The van der Waals surface area contributed by atoms with Crippen molar-refractivity contribution in [1.29, 1.82) is 0 Å². The molecule has 0 aromatic carbocycles. The van der Waals surface area contributed by atoms with Gasteiger partial charge in [-0.3, -0.25) is 14.4 Å². The molecule has 0 aliphatic carbocycles. The minimum atomic E-state index is -1.52. The summed E-state index contributed by atoms with van der Waals surface area (Å²) in [5.74, 6) is -1.87. The summed E-state index contributed by atoms with van der Waals surface area (Å²) >= 11 is 0. The topological polar surface area (TPSA) is 134 Å². The molecule has 1 rings (SSSR count). The van der Waals surface area contributed by atoms with Crippen LogP contribution in [0.15, 0.2) is 0 Å². The number of ether oxygens (including phenoxy) is 4. The van der Waals surface area contributed by atoms with E-state index in [-0.39, 0.29) is 6.61 Å². The van der Waals surface area contributed by atoms with Gasteiger partial charge < -0.3 is 29.8 Å². The molecular formula is C12H19NO8. The van der Waals surface area contributed by atoms with Gasteiger partial charge in [0.1, 0.15) is 12.7 Å². The molecule has 0 aromatic heterocycles. The van der Waals surface area contributed by atoms with Crippen LogP contribution in [0.4, 0.5) is 0 Å². The molecule has 1 heterocycles. The Labute approximate surface area is 121 Å². The van der Waals surface area contributed by atoms with E-state index in [0.29, 0.717) is 0 Å². The number of carbonyl (C=O) groups is 3. The molecule has 0 radical (unpaired) electrons. The Balaban J connectivity index is 2.86. The van der Waals surface area contributed by atoms with E-state index in [1.165, 1.54) is 13.8 Å². The highest BCUT2D eigenvalue weighted by Gasteiger charge is 2.47. The number of esters is 3. The number of rotatable bonds is 4. The van der Waals surface area contributed by atoms with E-state index in [1.807, 2.05) is 0 Å². The number of carbonyl (C=O) groups excluding carboxylic acids is 3. The molecule has 5 atom stereocenters. The summed E-state index contributed by atoms with van der Waals surface area (Å²) in [6.45, 7) is 3.25. The molecule has 0 aromatic rings. The Hall–Kier alpha value is -1.71. The fraction of sp³-hybridized carbons (Fsp3) is 0.750. The monoisotopic (exact) mass is 305 g/mol. The molecule has 0 bridgehead atoms. The second kappa shape index (κ2) is 7.34. The van der Waals surface area contributed by atoms with Crippen molar-refractivity contribution in [3.8, 4) is 0 Å². The van der Waals surface area contributed by atoms with Crippen molar-refractivity contribution in [2.45, 2.75) is 51.4 Å². The lowest BCUT2D eigenvalue weighted by Crippen LogP contribution is -2.64. The van der Waals surface area contributed by atoms with E-state index < -0.39 is 48.6 Å². The fourth-order valence-corrected chi connectivity index (χ4v) is 1.97. The molecule has 5 unspecified atom stereocenters. The highest BCUT2D eigenvalue weighted by atomic mass is 16.7. The highest BCUT2D eigenvalue weighted by molar-refractivity contribution is 5.67. The Morgan fingerprint density at radius 2 is 1.57 bits per heavy atom. The average molecular weight is 305 g/mol. The van der Waals surface area contributed by atoms with E-state index >= 15 is 0 Å². The minimum absolute atomic E-state index is 0.259. The van der Waals surface area contributed by atoms with Gasteiger partial charge in [0.25, 0.3) is 0 Å². The SMILES string of the molecule is CC(=O)OCC1OC(O)C(OC(C)=O)C(N)C1OC(C)=O. The van der Waals surface area contributed by atoms with Crippen LogP contribution < -0.4 is 5.73 Å². The third kappa shape index (κ3) is 4.96. The number of aliphatic hydroxyl groups excluding tert-OH is 1. The van der Waals surface area contributed by atoms with Gasteiger partial charge in [0.05, 0.1) is 6.04 Å². The van der Waals surface area contributed by atoms with E-state index in [2.05, 4.69) is 0 Å². The molecule has 1 aliphatic rings. The second-order valence-corrected chi connectivity index (χ2v) is 4.59. The molecule has 21 heavy (non-hydrogen) atoms. The van der Waals surface area contributed by atoms with Crippen LogP contribution in [0.1, 0.15) is 20.8 Å². The van der Waals surface area contributed by atoms with Crippen LogP contribution in [0, 0.1) is 0 Å². The summed E-state index contributed by atoms with van der Waals surface area (Å²) < 4.78 is 19.8. The molecule has 0 spiro atoms. The smallest absolute Gasteiger partial charge is 0.303 e. The highest BCUT2D eigenvalue weighted by Crippen LogP contribution is 2.24. The van der Waals surface area contributed by atoms with Crippen molar-refractivity contribution < 1.29 is 38.4 Å². The predicted octanol–water partition coefficient (Wildman–Crippen LogP) is -1.54. The lowest BCUT2D eigenvalue weighted by molar-refractivity contribution is -0.268. The van der Waals surface area contributed by atoms with Gasteiger partial charge >= 0.3 is 17.9 Å². The van der Waals surface area contributed by atoms with Crippen molar-refractivity contribution in [3.63, 3.8) is 0 Å². The molecule has 1 aliphatic heterocycles. The normalized spacial score (nSPS) is 32.1. The van der Waals surface area contributed by atoms with Crippen LogP contribution >= 0.6 is 0 Å². The van der Waals surface area contributed by atoms with Crippen LogP contribution in [0.3, 0.4) is 0 Å².